The summed E-state index contributed by atoms with van der Waals surface area (Å²) in [4.78, 5) is 34.0. The number of aromatic nitrogens is 2. The number of hydrogen-bond acceptors (Lipinski definition) is 5. The molecule has 136 valence electrons. The van der Waals surface area contributed by atoms with Gasteiger partial charge in [0.05, 0.1) is 25.3 Å². The average Bonchev–Trinajstić information content (AvgIpc) is 2.65. The molecular formula is C19H21N3O4. The molecule has 0 radical (unpaired) electrons. The number of carbonyl (C=O) groups excluding carboxylic acids is 1. The topological polar surface area (TPSA) is 84.5 Å². The molecule has 7 nitrogen and oxygen atoms in total. The van der Waals surface area contributed by atoms with Crippen LogP contribution in [0.4, 0.5) is 0 Å². The van der Waals surface area contributed by atoms with Crippen molar-refractivity contribution in [2.45, 2.75) is 26.3 Å². The van der Waals surface area contributed by atoms with Gasteiger partial charge in [-0.05, 0) is 31.4 Å². The first-order chi connectivity index (χ1) is 12.6. The lowest BCUT2D eigenvalue weighted by Gasteiger charge is -2.33. The monoisotopic (exact) mass is 355 g/mol. The van der Waals surface area contributed by atoms with Gasteiger partial charge in [-0.2, -0.15) is 0 Å². The fraction of sp³-hybridized carbons (Fsp3) is 0.421. The number of ether oxygens (including phenoxy) is 2. The molecule has 3 heterocycles. The number of para-hydroxylation sites is 1. The van der Waals surface area contributed by atoms with Crippen LogP contribution < -0.4 is 15.0 Å². The summed E-state index contributed by atoms with van der Waals surface area (Å²) in [6.07, 6.45) is 1.15. The maximum Gasteiger partial charge on any atom is 0.254 e. The predicted molar refractivity (Wildman–Crippen MR) is 94.4 cm³/mol. The van der Waals surface area contributed by atoms with Crippen LogP contribution in [0.3, 0.4) is 0 Å². The highest BCUT2D eigenvalue weighted by Crippen LogP contribution is 2.36. The van der Waals surface area contributed by atoms with E-state index in [1.807, 2.05) is 18.2 Å². The summed E-state index contributed by atoms with van der Waals surface area (Å²) in [6.45, 7) is 2.99. The lowest BCUT2D eigenvalue weighted by atomic mass is 9.94. The van der Waals surface area contributed by atoms with Crippen molar-refractivity contribution < 1.29 is 14.3 Å². The van der Waals surface area contributed by atoms with Crippen LogP contribution in [0, 0.1) is 12.8 Å². The van der Waals surface area contributed by atoms with Crippen molar-refractivity contribution in [3.8, 4) is 11.5 Å². The second-order valence-electron chi connectivity index (χ2n) is 6.75. The predicted octanol–water partition coefficient (Wildman–Crippen LogP) is 1.22. The van der Waals surface area contributed by atoms with Gasteiger partial charge in [-0.1, -0.05) is 12.1 Å². The molecule has 0 bridgehead atoms. The second-order valence-corrected chi connectivity index (χ2v) is 6.75. The molecule has 26 heavy (non-hydrogen) atoms. The Bertz CT molecular complexity index is 921. The molecule has 1 amide bonds. The molecule has 1 aromatic heterocycles. The van der Waals surface area contributed by atoms with E-state index in [2.05, 4.69) is 9.97 Å². The average molecular weight is 355 g/mol. The number of amides is 1. The van der Waals surface area contributed by atoms with Crippen molar-refractivity contribution in [2.24, 2.45) is 5.92 Å². The Balaban J connectivity index is 1.53. The van der Waals surface area contributed by atoms with Gasteiger partial charge in [-0.25, -0.2) is 4.98 Å². The van der Waals surface area contributed by atoms with Crippen LogP contribution in [-0.4, -0.2) is 41.0 Å². The van der Waals surface area contributed by atoms with Gasteiger partial charge in [0.25, 0.3) is 5.56 Å². The number of nitrogens with zero attached hydrogens (tertiary/aromatic N) is 2. The molecule has 1 unspecified atom stereocenters. The number of methoxy groups -OCH3 is 1. The third-order valence-corrected chi connectivity index (χ3v) is 5.03. The zero-order valence-electron chi connectivity index (χ0n) is 14.9. The number of aryl methyl sites for hydroxylation is 1. The summed E-state index contributed by atoms with van der Waals surface area (Å²) in [5, 5.41) is 0. The summed E-state index contributed by atoms with van der Waals surface area (Å²) in [5.74, 6) is 1.80. The number of aromatic amines is 1. The fourth-order valence-corrected chi connectivity index (χ4v) is 3.72. The zero-order valence-corrected chi connectivity index (χ0v) is 14.9. The van der Waals surface area contributed by atoms with Crippen molar-refractivity contribution in [3.05, 3.63) is 51.2 Å². The van der Waals surface area contributed by atoms with Crippen LogP contribution in [0.15, 0.2) is 23.0 Å². The molecule has 0 saturated heterocycles. The van der Waals surface area contributed by atoms with E-state index in [4.69, 9.17) is 9.47 Å². The lowest BCUT2D eigenvalue weighted by Crippen LogP contribution is -2.44. The van der Waals surface area contributed by atoms with E-state index in [1.165, 1.54) is 0 Å². The summed E-state index contributed by atoms with van der Waals surface area (Å²) >= 11 is 0. The van der Waals surface area contributed by atoms with Crippen molar-refractivity contribution in [1.29, 1.82) is 0 Å². The molecule has 7 heteroatoms. The molecule has 2 aliphatic rings. The summed E-state index contributed by atoms with van der Waals surface area (Å²) < 4.78 is 11.2. The highest BCUT2D eigenvalue weighted by Gasteiger charge is 2.33. The molecule has 0 fully saturated rings. The normalized spacial score (nSPS) is 18.5. The third-order valence-electron chi connectivity index (χ3n) is 5.03. The van der Waals surface area contributed by atoms with Crippen LogP contribution >= 0.6 is 0 Å². The van der Waals surface area contributed by atoms with Crippen LogP contribution in [-0.2, 0) is 24.2 Å². The number of H-pyrrole nitrogens is 1. The maximum atomic E-state index is 13.0. The highest BCUT2D eigenvalue weighted by atomic mass is 16.5. The van der Waals surface area contributed by atoms with E-state index < -0.39 is 0 Å². The Hall–Kier alpha value is -2.83. The SMILES string of the molecule is COc1cccc2c1OCC(C(=O)N1CCc3c(nc(C)[nH]c3=O)C1)C2. The van der Waals surface area contributed by atoms with Gasteiger partial charge in [-0.15, -0.1) is 0 Å². The first kappa shape index (κ1) is 16.6. The molecule has 0 aliphatic carbocycles. The number of benzene rings is 1. The van der Waals surface area contributed by atoms with Gasteiger partial charge in [-0.3, -0.25) is 9.59 Å². The largest absolute Gasteiger partial charge is 0.493 e. The van der Waals surface area contributed by atoms with Crippen LogP contribution in [0.1, 0.15) is 22.6 Å². The third kappa shape index (κ3) is 2.83. The molecule has 4 rings (SSSR count). The van der Waals surface area contributed by atoms with Gasteiger partial charge in [0.15, 0.2) is 11.5 Å². The Labute approximate surface area is 151 Å². The quantitative estimate of drug-likeness (QED) is 0.876. The molecular weight excluding hydrogens is 334 g/mol. The zero-order chi connectivity index (χ0) is 18.3. The number of hydrogen-bond donors (Lipinski definition) is 1. The van der Waals surface area contributed by atoms with Gasteiger partial charge in [0.2, 0.25) is 5.91 Å². The summed E-state index contributed by atoms with van der Waals surface area (Å²) in [5.41, 5.74) is 2.28. The van der Waals surface area contributed by atoms with Gasteiger partial charge >= 0.3 is 0 Å². The van der Waals surface area contributed by atoms with E-state index in [9.17, 15) is 9.59 Å². The molecule has 1 atom stereocenters. The molecule has 2 aromatic rings. The van der Waals surface area contributed by atoms with Crippen molar-refractivity contribution >= 4 is 5.91 Å². The van der Waals surface area contributed by atoms with E-state index in [0.29, 0.717) is 55.4 Å². The van der Waals surface area contributed by atoms with Gasteiger partial charge < -0.3 is 19.4 Å². The molecule has 0 spiro atoms. The Morgan fingerprint density at radius 2 is 2.27 bits per heavy atom. The smallest absolute Gasteiger partial charge is 0.254 e. The molecule has 1 aromatic carbocycles. The van der Waals surface area contributed by atoms with Crippen molar-refractivity contribution in [1.82, 2.24) is 14.9 Å². The van der Waals surface area contributed by atoms with E-state index in [0.717, 1.165) is 11.3 Å². The Kier molecular flexibility index (Phi) is 4.14. The van der Waals surface area contributed by atoms with E-state index >= 15 is 0 Å². The minimum absolute atomic E-state index is 0.0452. The van der Waals surface area contributed by atoms with E-state index in [-0.39, 0.29) is 17.4 Å². The van der Waals surface area contributed by atoms with Gasteiger partial charge in [0.1, 0.15) is 12.4 Å². The Morgan fingerprint density at radius 1 is 1.42 bits per heavy atom. The highest BCUT2D eigenvalue weighted by molar-refractivity contribution is 5.80. The second kappa shape index (κ2) is 6.48. The minimum atomic E-state index is -0.237. The van der Waals surface area contributed by atoms with Crippen LogP contribution in [0.5, 0.6) is 11.5 Å². The number of rotatable bonds is 2. The number of carbonyl (C=O) groups is 1. The molecule has 0 saturated carbocycles. The fourth-order valence-electron chi connectivity index (χ4n) is 3.72. The first-order valence-electron chi connectivity index (χ1n) is 8.73. The maximum absolute atomic E-state index is 13.0. The standard InChI is InChI=1S/C19H21N3O4/c1-11-20-15-9-22(7-6-14(15)18(23)21-11)19(24)13-8-12-4-3-5-16(25-2)17(12)26-10-13/h3-5,13H,6-10H2,1-2H3,(H,20,21,23). The van der Waals surface area contributed by atoms with Crippen molar-refractivity contribution in [2.75, 3.05) is 20.3 Å². The number of fused-ring (bicyclic) bond motifs is 2. The van der Waals surface area contributed by atoms with E-state index in [1.54, 1.807) is 18.9 Å². The first-order valence-corrected chi connectivity index (χ1v) is 8.73. The number of nitrogens with one attached hydrogen (secondary N) is 1. The Morgan fingerprint density at radius 3 is 3.08 bits per heavy atom. The van der Waals surface area contributed by atoms with Crippen LogP contribution in [0.2, 0.25) is 0 Å². The van der Waals surface area contributed by atoms with Crippen LogP contribution in [0.25, 0.3) is 0 Å². The minimum Gasteiger partial charge on any atom is -0.493 e. The summed E-state index contributed by atoms with van der Waals surface area (Å²) in [7, 11) is 1.61. The molecule has 1 N–H and O–H groups in total. The molecule has 2 aliphatic heterocycles. The summed E-state index contributed by atoms with van der Waals surface area (Å²) in [6, 6.07) is 5.73. The van der Waals surface area contributed by atoms with Crippen molar-refractivity contribution in [3.63, 3.8) is 0 Å². The lowest BCUT2D eigenvalue weighted by molar-refractivity contribution is -0.138. The van der Waals surface area contributed by atoms with Gasteiger partial charge in [0, 0.05) is 12.1 Å².